The lowest BCUT2D eigenvalue weighted by atomic mass is 10.1. The number of hydrogen-bond donors (Lipinski definition) is 1. The van der Waals surface area contributed by atoms with Crippen LogP contribution in [-0.2, 0) is 13.2 Å². The highest BCUT2D eigenvalue weighted by molar-refractivity contribution is 5.72. The molecule has 0 aliphatic heterocycles. The van der Waals surface area contributed by atoms with Gasteiger partial charge in [-0.1, -0.05) is 30.3 Å². The third kappa shape index (κ3) is 1.83. The van der Waals surface area contributed by atoms with Gasteiger partial charge in [-0.3, -0.25) is 4.79 Å². The predicted octanol–water partition coefficient (Wildman–Crippen LogP) is 1.68. The van der Waals surface area contributed by atoms with Gasteiger partial charge in [-0.25, -0.2) is 4.52 Å². The van der Waals surface area contributed by atoms with E-state index in [0.717, 1.165) is 5.56 Å². The van der Waals surface area contributed by atoms with Gasteiger partial charge >= 0.3 is 0 Å². The van der Waals surface area contributed by atoms with Gasteiger partial charge in [-0.15, -0.1) is 0 Å². The van der Waals surface area contributed by atoms with E-state index >= 15 is 0 Å². The molecule has 0 saturated heterocycles. The molecule has 5 nitrogen and oxygen atoms in total. The molecule has 0 atom stereocenters. The van der Waals surface area contributed by atoms with E-state index in [2.05, 4.69) is 5.10 Å². The molecule has 0 spiro atoms. The molecule has 0 radical (unpaired) electrons. The summed E-state index contributed by atoms with van der Waals surface area (Å²) in [6.45, 7) is 2.29. The summed E-state index contributed by atoms with van der Waals surface area (Å²) in [5.41, 5.74) is 2.43. The smallest absolute Gasteiger partial charge is 0.276 e. The number of aliphatic hydroxyl groups is 1. The summed E-state index contributed by atoms with van der Waals surface area (Å²) in [7, 11) is 0. The minimum atomic E-state index is -0.212. The lowest BCUT2D eigenvalue weighted by Crippen LogP contribution is -2.21. The third-order valence-electron chi connectivity index (χ3n) is 3.41. The van der Waals surface area contributed by atoms with Gasteiger partial charge in [0.1, 0.15) is 5.52 Å². The van der Waals surface area contributed by atoms with Gasteiger partial charge < -0.3 is 9.67 Å². The fourth-order valence-corrected chi connectivity index (χ4v) is 2.38. The van der Waals surface area contributed by atoms with Gasteiger partial charge in [-0.2, -0.15) is 5.10 Å². The van der Waals surface area contributed by atoms with Crippen LogP contribution in [0.25, 0.3) is 16.8 Å². The van der Waals surface area contributed by atoms with Gasteiger partial charge in [0.15, 0.2) is 0 Å². The number of aliphatic hydroxyl groups excluding tert-OH is 1. The summed E-state index contributed by atoms with van der Waals surface area (Å²) in [6, 6.07) is 9.57. The predicted molar refractivity (Wildman–Crippen MR) is 76.5 cm³/mol. The Morgan fingerprint density at radius 1 is 1.20 bits per heavy atom. The summed E-state index contributed by atoms with van der Waals surface area (Å²) in [5, 5.41) is 14.1. The highest BCUT2D eigenvalue weighted by Gasteiger charge is 2.16. The Kier molecular flexibility index (Phi) is 3.12. The minimum absolute atomic E-state index is 0.131. The number of benzene rings is 1. The summed E-state index contributed by atoms with van der Waals surface area (Å²) in [6.07, 6.45) is 3.45. The number of aromatic nitrogens is 3. The molecule has 0 aliphatic carbocycles. The summed E-state index contributed by atoms with van der Waals surface area (Å²) in [4.78, 5) is 12.4. The van der Waals surface area contributed by atoms with Crippen molar-refractivity contribution in [2.45, 2.75) is 20.1 Å². The van der Waals surface area contributed by atoms with Crippen molar-refractivity contribution >= 4 is 5.52 Å². The van der Waals surface area contributed by atoms with Crippen molar-refractivity contribution in [2.24, 2.45) is 0 Å². The fourth-order valence-electron chi connectivity index (χ4n) is 2.38. The molecule has 2 aromatic heterocycles. The van der Waals surface area contributed by atoms with Gasteiger partial charge in [-0.05, 0) is 6.92 Å². The molecule has 5 heteroatoms. The van der Waals surface area contributed by atoms with Crippen molar-refractivity contribution in [3.63, 3.8) is 0 Å². The van der Waals surface area contributed by atoms with Crippen molar-refractivity contribution in [3.8, 4) is 11.3 Å². The van der Waals surface area contributed by atoms with Crippen LogP contribution in [-0.4, -0.2) is 19.3 Å². The Balaban J connectivity index is 2.36. The number of nitrogens with zero attached hydrogens (tertiary/aromatic N) is 3. The van der Waals surface area contributed by atoms with Gasteiger partial charge in [0.05, 0.1) is 12.3 Å². The fraction of sp³-hybridized carbons (Fsp3) is 0.200. The molecule has 3 rings (SSSR count). The standard InChI is InChI=1S/C15H15N3O2/c1-2-17-8-9-18-14(15(17)20)12(10-19)13(16-18)11-6-4-3-5-7-11/h3-9,19H,2,10H2,1H3. The van der Waals surface area contributed by atoms with Crippen LogP contribution in [0.5, 0.6) is 0 Å². The Hall–Kier alpha value is -2.40. The van der Waals surface area contributed by atoms with Crippen LogP contribution in [0.4, 0.5) is 0 Å². The van der Waals surface area contributed by atoms with Crippen LogP contribution in [0.15, 0.2) is 47.5 Å². The Bertz CT molecular complexity index is 803. The van der Waals surface area contributed by atoms with Crippen molar-refractivity contribution in [1.29, 1.82) is 0 Å². The third-order valence-corrected chi connectivity index (χ3v) is 3.41. The maximum Gasteiger partial charge on any atom is 0.276 e. The molecule has 3 aromatic rings. The van der Waals surface area contributed by atoms with E-state index in [1.165, 1.54) is 0 Å². The molecule has 0 fully saturated rings. The Labute approximate surface area is 115 Å². The molecular formula is C15H15N3O2. The quantitative estimate of drug-likeness (QED) is 0.787. The average molecular weight is 269 g/mol. The van der Waals surface area contributed by atoms with E-state index in [9.17, 15) is 9.90 Å². The average Bonchev–Trinajstić information content (AvgIpc) is 2.88. The zero-order valence-corrected chi connectivity index (χ0v) is 11.2. The second-order valence-corrected chi connectivity index (χ2v) is 4.53. The molecule has 0 aliphatic rings. The number of hydrogen-bond acceptors (Lipinski definition) is 3. The Morgan fingerprint density at radius 2 is 1.95 bits per heavy atom. The normalized spacial score (nSPS) is 11.1. The van der Waals surface area contributed by atoms with Crippen molar-refractivity contribution in [3.05, 3.63) is 58.6 Å². The molecule has 0 saturated carbocycles. The van der Waals surface area contributed by atoms with Crippen molar-refractivity contribution < 1.29 is 5.11 Å². The zero-order valence-electron chi connectivity index (χ0n) is 11.2. The topological polar surface area (TPSA) is 59.5 Å². The summed E-state index contributed by atoms with van der Waals surface area (Å²) in [5.74, 6) is 0. The van der Waals surface area contributed by atoms with E-state index in [1.54, 1.807) is 21.5 Å². The molecule has 1 aromatic carbocycles. The van der Waals surface area contributed by atoms with Crippen LogP contribution in [0.2, 0.25) is 0 Å². The molecule has 0 unspecified atom stereocenters. The van der Waals surface area contributed by atoms with Crippen molar-refractivity contribution in [1.82, 2.24) is 14.2 Å². The molecule has 20 heavy (non-hydrogen) atoms. The first kappa shape index (κ1) is 12.6. The van der Waals surface area contributed by atoms with E-state index in [4.69, 9.17) is 0 Å². The van der Waals surface area contributed by atoms with E-state index in [-0.39, 0.29) is 12.2 Å². The minimum Gasteiger partial charge on any atom is -0.392 e. The Morgan fingerprint density at radius 3 is 2.60 bits per heavy atom. The van der Waals surface area contributed by atoms with Crippen LogP contribution >= 0.6 is 0 Å². The van der Waals surface area contributed by atoms with Crippen LogP contribution in [0.1, 0.15) is 12.5 Å². The van der Waals surface area contributed by atoms with Crippen molar-refractivity contribution in [2.75, 3.05) is 0 Å². The summed E-state index contributed by atoms with van der Waals surface area (Å²) >= 11 is 0. The first-order valence-electron chi connectivity index (χ1n) is 6.53. The first-order chi connectivity index (χ1) is 9.76. The zero-order chi connectivity index (χ0) is 14.1. The van der Waals surface area contributed by atoms with Crippen LogP contribution in [0, 0.1) is 0 Å². The van der Waals surface area contributed by atoms with E-state index < -0.39 is 0 Å². The molecule has 1 N–H and O–H groups in total. The molecule has 0 bridgehead atoms. The first-order valence-corrected chi connectivity index (χ1v) is 6.53. The SMILES string of the molecule is CCn1ccn2nc(-c3ccccc3)c(CO)c2c1=O. The highest BCUT2D eigenvalue weighted by Crippen LogP contribution is 2.24. The lowest BCUT2D eigenvalue weighted by molar-refractivity contribution is 0.283. The molecule has 2 heterocycles. The second kappa shape index (κ2) is 4.94. The molecule has 0 amide bonds. The second-order valence-electron chi connectivity index (χ2n) is 4.53. The number of aryl methyl sites for hydroxylation is 1. The van der Waals surface area contributed by atoms with E-state index in [0.29, 0.717) is 23.3 Å². The largest absolute Gasteiger partial charge is 0.392 e. The maximum absolute atomic E-state index is 12.4. The van der Waals surface area contributed by atoms with Crippen LogP contribution in [0.3, 0.4) is 0 Å². The van der Waals surface area contributed by atoms with Crippen LogP contribution < -0.4 is 5.56 Å². The number of fused-ring (bicyclic) bond motifs is 1. The number of rotatable bonds is 3. The lowest BCUT2D eigenvalue weighted by Gasteiger charge is -2.02. The van der Waals surface area contributed by atoms with Gasteiger partial charge in [0, 0.05) is 30.1 Å². The summed E-state index contributed by atoms with van der Waals surface area (Å²) < 4.78 is 3.15. The highest BCUT2D eigenvalue weighted by atomic mass is 16.3. The molecular weight excluding hydrogens is 254 g/mol. The monoisotopic (exact) mass is 269 g/mol. The van der Waals surface area contributed by atoms with Gasteiger partial charge in [0.2, 0.25) is 0 Å². The van der Waals surface area contributed by atoms with E-state index in [1.807, 2.05) is 37.3 Å². The maximum atomic E-state index is 12.4. The molecule has 102 valence electrons. The van der Waals surface area contributed by atoms with Gasteiger partial charge in [0.25, 0.3) is 5.56 Å².